The Balaban J connectivity index is 0.000000272. The van der Waals surface area contributed by atoms with E-state index in [1.54, 1.807) is 42.5 Å². The van der Waals surface area contributed by atoms with Crippen LogP contribution in [0.15, 0.2) is 141 Å². The zero-order valence-electron chi connectivity index (χ0n) is 33.5. The van der Waals surface area contributed by atoms with Crippen molar-refractivity contribution in [1.82, 2.24) is 19.5 Å². The predicted molar refractivity (Wildman–Crippen MR) is 230 cm³/mol. The number of hydrogen-bond donors (Lipinski definition) is 3. The molecule has 0 unspecified atom stereocenters. The molecule has 312 valence electrons. The molecule has 15 heteroatoms. The summed E-state index contributed by atoms with van der Waals surface area (Å²) in [6.07, 6.45) is 9.77. The van der Waals surface area contributed by atoms with Crippen LogP contribution in [0.4, 0.5) is 4.39 Å². The molecular weight excluding hydrogens is 811 g/mol. The Labute approximate surface area is 382 Å². The zero-order valence-corrected chi connectivity index (χ0v) is 37.1. The Hall–Kier alpha value is -4.25. The third kappa shape index (κ3) is 12.6. The fourth-order valence-corrected chi connectivity index (χ4v) is 8.71. The SMILES string of the molecule is C.Cc1ncc[nH]1.Cc1nccn1-c1ccc(Sc2cccc(C3(C(N)=O)CCOCC3)c2)cc1.NC(=O)C1(c2cccc(Sc3ccc(F)cc3)c2)CCOCC1.[Na+].[OH-]. The van der Waals surface area contributed by atoms with E-state index in [0.717, 1.165) is 48.0 Å². The van der Waals surface area contributed by atoms with E-state index in [4.69, 9.17) is 20.9 Å². The van der Waals surface area contributed by atoms with Crippen molar-refractivity contribution in [3.05, 3.63) is 150 Å². The number of nitrogens with zero attached hydrogens (tertiary/aromatic N) is 3. The molecule has 4 aromatic carbocycles. The summed E-state index contributed by atoms with van der Waals surface area (Å²) in [7, 11) is 0. The van der Waals surface area contributed by atoms with Crippen LogP contribution in [-0.4, -0.2) is 63.2 Å². The molecule has 0 saturated carbocycles. The van der Waals surface area contributed by atoms with Crippen molar-refractivity contribution in [3.8, 4) is 5.69 Å². The van der Waals surface area contributed by atoms with Crippen molar-refractivity contribution in [2.24, 2.45) is 11.5 Å². The molecule has 0 spiro atoms. The fraction of sp³-hybridized carbons (Fsp3) is 0.289. The quantitative estimate of drug-likeness (QED) is 0.157. The van der Waals surface area contributed by atoms with Gasteiger partial charge >= 0.3 is 29.6 Å². The number of ether oxygens (including phenoxy) is 2. The molecule has 0 bridgehead atoms. The van der Waals surface area contributed by atoms with Crippen LogP contribution in [0.3, 0.4) is 0 Å². The largest absolute Gasteiger partial charge is 1.00 e. The van der Waals surface area contributed by atoms with Gasteiger partial charge in [-0.15, -0.1) is 0 Å². The van der Waals surface area contributed by atoms with Gasteiger partial charge in [0.05, 0.1) is 10.8 Å². The molecule has 2 fully saturated rings. The number of H-pyrrole nitrogens is 1. The van der Waals surface area contributed by atoms with Gasteiger partial charge in [-0.25, -0.2) is 14.4 Å². The first-order chi connectivity index (χ1) is 27.6. The molecular formula is C45H52FN6NaO5S2. The summed E-state index contributed by atoms with van der Waals surface area (Å²) in [5.41, 5.74) is 13.2. The summed E-state index contributed by atoms with van der Waals surface area (Å²) in [5.74, 6) is 1.11. The van der Waals surface area contributed by atoms with Crippen LogP contribution in [-0.2, 0) is 29.9 Å². The van der Waals surface area contributed by atoms with Gasteiger partial charge in [-0.3, -0.25) is 9.59 Å². The van der Waals surface area contributed by atoms with Gasteiger partial charge < -0.3 is 36.0 Å². The topological polar surface area (TPSA) is 181 Å². The van der Waals surface area contributed by atoms with Crippen LogP contribution in [0.2, 0.25) is 0 Å². The maximum atomic E-state index is 13.0. The first-order valence-corrected chi connectivity index (χ1v) is 20.4. The van der Waals surface area contributed by atoms with Gasteiger partial charge in [0.15, 0.2) is 0 Å². The number of hydrogen-bond acceptors (Lipinski definition) is 9. The maximum Gasteiger partial charge on any atom is 1.00 e. The smallest absolute Gasteiger partial charge is 0.870 e. The number of amides is 2. The minimum atomic E-state index is -0.655. The van der Waals surface area contributed by atoms with E-state index in [-0.39, 0.29) is 60.1 Å². The van der Waals surface area contributed by atoms with E-state index in [1.165, 1.54) is 23.9 Å². The molecule has 4 heterocycles. The molecule has 2 amide bonds. The number of halogens is 1. The van der Waals surface area contributed by atoms with Gasteiger partial charge in [0, 0.05) is 76.5 Å². The zero-order chi connectivity index (χ0) is 40.3. The molecule has 2 aromatic heterocycles. The first kappa shape index (κ1) is 50.1. The summed E-state index contributed by atoms with van der Waals surface area (Å²) in [5, 5.41) is 0. The number of carbonyl (C=O) groups excluding carboxylic acids is 2. The first-order valence-electron chi connectivity index (χ1n) is 18.7. The van der Waals surface area contributed by atoms with Crippen molar-refractivity contribution < 1.29 is 58.5 Å². The van der Waals surface area contributed by atoms with Gasteiger partial charge in [0.1, 0.15) is 17.5 Å². The summed E-state index contributed by atoms with van der Waals surface area (Å²) >= 11 is 3.21. The fourth-order valence-electron chi connectivity index (χ4n) is 6.95. The van der Waals surface area contributed by atoms with E-state index in [1.807, 2.05) is 56.4 Å². The predicted octanol–water partition coefficient (Wildman–Crippen LogP) is 5.56. The van der Waals surface area contributed by atoms with Crippen LogP contribution in [0.5, 0.6) is 0 Å². The number of aryl methyl sites for hydroxylation is 2. The van der Waals surface area contributed by atoms with Gasteiger partial charge in [-0.05, 0) is 123 Å². The second-order valence-electron chi connectivity index (χ2n) is 13.8. The minimum absolute atomic E-state index is 0. The van der Waals surface area contributed by atoms with Crippen molar-refractivity contribution in [2.75, 3.05) is 26.4 Å². The second-order valence-corrected chi connectivity index (χ2v) is 16.1. The van der Waals surface area contributed by atoms with Crippen LogP contribution in [0.1, 0.15) is 55.9 Å². The molecule has 2 aliphatic heterocycles. The molecule has 0 radical (unpaired) electrons. The number of rotatable bonds is 9. The number of carbonyl (C=O) groups is 2. The minimum Gasteiger partial charge on any atom is -0.870 e. The number of imidazole rings is 2. The van der Waals surface area contributed by atoms with Crippen molar-refractivity contribution >= 4 is 35.3 Å². The van der Waals surface area contributed by atoms with Crippen molar-refractivity contribution in [3.63, 3.8) is 0 Å². The van der Waals surface area contributed by atoms with Crippen LogP contribution >= 0.6 is 23.5 Å². The monoisotopic (exact) mass is 862 g/mol. The molecule has 0 atom stereocenters. The van der Waals surface area contributed by atoms with Crippen molar-refractivity contribution in [2.45, 2.75) is 77.4 Å². The molecule has 2 saturated heterocycles. The molecule has 11 nitrogen and oxygen atoms in total. The Morgan fingerprint density at radius 1 is 0.700 bits per heavy atom. The van der Waals surface area contributed by atoms with E-state index in [0.29, 0.717) is 52.1 Å². The standard InChI is InChI=1S/C22H23N3O2S.C18H18FNO2S.C4H6N2.CH4.Na.H2O/c1-16-24-11-12-25(16)18-5-7-19(8-6-18)28-20-4-2-3-17(15-20)22(21(23)26)9-13-27-14-10-22;19-14-4-6-15(7-5-14)23-16-3-1-2-13(12-16)18(17(20)21)8-10-22-11-9-18;1-4-5-2-3-6-4;;;/h2-8,11-12,15H,9-10,13-14H2,1H3,(H2,23,26);1-7,12H,8-11H2,(H2,20,21);2-3H,1H3,(H,5,6);1H4;;1H2/q;;;;+1;/p-1. The molecule has 2 aliphatic rings. The summed E-state index contributed by atoms with van der Waals surface area (Å²) in [6.45, 7) is 6.11. The van der Waals surface area contributed by atoms with Crippen LogP contribution in [0.25, 0.3) is 5.69 Å². The van der Waals surface area contributed by atoms with Crippen LogP contribution in [0, 0.1) is 19.7 Å². The molecule has 6 N–H and O–H groups in total. The average molecular weight is 863 g/mol. The number of nitrogens with two attached hydrogens (primary N) is 2. The Morgan fingerprint density at radius 2 is 1.17 bits per heavy atom. The number of benzene rings is 4. The molecule has 0 aliphatic carbocycles. The number of aromatic nitrogens is 4. The summed E-state index contributed by atoms with van der Waals surface area (Å²) in [6, 6.07) is 30.8. The Kier molecular flexibility index (Phi) is 19.8. The van der Waals surface area contributed by atoms with Gasteiger partial charge in [-0.2, -0.15) is 0 Å². The van der Waals surface area contributed by atoms with E-state index in [2.05, 4.69) is 55.9 Å². The average Bonchev–Trinajstić information content (AvgIpc) is 3.90. The maximum absolute atomic E-state index is 13.0. The van der Waals surface area contributed by atoms with E-state index in [9.17, 15) is 14.0 Å². The van der Waals surface area contributed by atoms with Crippen molar-refractivity contribution in [1.29, 1.82) is 0 Å². The van der Waals surface area contributed by atoms with Crippen LogP contribution < -0.4 is 41.0 Å². The normalized spacial score (nSPS) is 14.8. The molecule has 8 rings (SSSR count). The van der Waals surface area contributed by atoms with E-state index < -0.39 is 10.8 Å². The Morgan fingerprint density at radius 3 is 1.53 bits per heavy atom. The van der Waals surface area contributed by atoms with E-state index >= 15 is 0 Å². The van der Waals surface area contributed by atoms with Gasteiger partial charge in [-0.1, -0.05) is 55.2 Å². The second kappa shape index (κ2) is 23.7. The molecule has 60 heavy (non-hydrogen) atoms. The summed E-state index contributed by atoms with van der Waals surface area (Å²) in [4.78, 5) is 39.6. The third-order valence-electron chi connectivity index (χ3n) is 10.3. The number of aromatic amines is 1. The number of primary amides is 2. The van der Waals surface area contributed by atoms with Gasteiger partial charge in [0.2, 0.25) is 11.8 Å². The third-order valence-corrected chi connectivity index (χ3v) is 12.3. The Bertz CT molecular complexity index is 2230. The van der Waals surface area contributed by atoms with Gasteiger partial charge in [0.25, 0.3) is 0 Å². The number of nitrogens with one attached hydrogen (secondary N) is 1. The molecule has 6 aromatic rings. The summed E-state index contributed by atoms with van der Waals surface area (Å²) < 4.78 is 25.9.